The first kappa shape index (κ1) is 12.9. The van der Waals surface area contributed by atoms with Gasteiger partial charge in [-0.2, -0.15) is 5.10 Å². The number of benzene rings is 1. The highest BCUT2D eigenvalue weighted by atomic mass is 16.5. The molecule has 0 bridgehead atoms. The molecule has 19 heavy (non-hydrogen) atoms. The number of aromatic nitrogens is 2. The zero-order chi connectivity index (χ0) is 14.0. The fourth-order valence-electron chi connectivity index (χ4n) is 1.84. The number of methoxy groups -OCH3 is 1. The van der Waals surface area contributed by atoms with E-state index in [2.05, 4.69) is 15.5 Å². The zero-order valence-corrected chi connectivity index (χ0v) is 11.1. The van der Waals surface area contributed by atoms with Crippen LogP contribution in [0.15, 0.2) is 18.2 Å². The molecule has 1 heterocycles. The summed E-state index contributed by atoms with van der Waals surface area (Å²) in [6.45, 7) is 3.57. The Hall–Kier alpha value is -2.50. The molecule has 6 heteroatoms. The Labute approximate surface area is 111 Å². The fraction of sp³-hybridized carbons (Fsp3) is 0.231. The van der Waals surface area contributed by atoms with Crippen LogP contribution in [-0.2, 0) is 0 Å². The van der Waals surface area contributed by atoms with Gasteiger partial charge in [0.2, 0.25) is 0 Å². The van der Waals surface area contributed by atoms with Crippen LogP contribution in [0.5, 0.6) is 5.75 Å². The number of nitrogen functional groups attached to an aromatic ring is 1. The summed E-state index contributed by atoms with van der Waals surface area (Å²) >= 11 is 0. The second-order valence-corrected chi connectivity index (χ2v) is 4.22. The Morgan fingerprint density at radius 2 is 2.16 bits per heavy atom. The highest BCUT2D eigenvalue weighted by Gasteiger charge is 2.16. The number of ether oxygens (including phenoxy) is 1. The van der Waals surface area contributed by atoms with Crippen molar-refractivity contribution in [2.45, 2.75) is 13.8 Å². The summed E-state index contributed by atoms with van der Waals surface area (Å²) in [6.07, 6.45) is 0. The van der Waals surface area contributed by atoms with E-state index in [0.29, 0.717) is 28.4 Å². The van der Waals surface area contributed by atoms with E-state index in [1.165, 1.54) is 0 Å². The molecule has 0 atom stereocenters. The molecule has 0 aliphatic rings. The number of nitrogens with one attached hydrogen (secondary N) is 2. The summed E-state index contributed by atoms with van der Waals surface area (Å²) in [4.78, 5) is 12.2. The van der Waals surface area contributed by atoms with Gasteiger partial charge in [-0.1, -0.05) is 0 Å². The van der Waals surface area contributed by atoms with Crippen molar-refractivity contribution < 1.29 is 9.53 Å². The number of rotatable bonds is 3. The molecule has 2 aromatic rings. The molecule has 0 saturated carbocycles. The van der Waals surface area contributed by atoms with E-state index in [-0.39, 0.29) is 5.91 Å². The Balaban J connectivity index is 2.29. The summed E-state index contributed by atoms with van der Waals surface area (Å²) in [5.74, 6) is 0.383. The van der Waals surface area contributed by atoms with E-state index < -0.39 is 0 Å². The molecule has 0 spiro atoms. The van der Waals surface area contributed by atoms with Gasteiger partial charge < -0.3 is 15.8 Å². The van der Waals surface area contributed by atoms with Gasteiger partial charge in [-0.05, 0) is 26.0 Å². The number of anilines is 2. The van der Waals surface area contributed by atoms with Crippen molar-refractivity contribution >= 4 is 17.3 Å². The lowest BCUT2D eigenvalue weighted by atomic mass is 10.1. The van der Waals surface area contributed by atoms with Crippen LogP contribution >= 0.6 is 0 Å². The third kappa shape index (κ3) is 2.52. The SMILES string of the molecule is COc1ccc(N)c(NC(=O)c2c(C)n[nH]c2C)c1. The maximum Gasteiger partial charge on any atom is 0.259 e. The Bertz CT molecular complexity index is 600. The van der Waals surface area contributed by atoms with Crippen molar-refractivity contribution in [1.82, 2.24) is 10.2 Å². The van der Waals surface area contributed by atoms with Gasteiger partial charge in [0.25, 0.3) is 5.91 Å². The summed E-state index contributed by atoms with van der Waals surface area (Å²) < 4.78 is 5.10. The summed E-state index contributed by atoms with van der Waals surface area (Å²) in [5.41, 5.74) is 8.72. The van der Waals surface area contributed by atoms with Gasteiger partial charge in [0.1, 0.15) is 5.75 Å². The highest BCUT2D eigenvalue weighted by molar-refractivity contribution is 6.07. The number of nitrogens with zero attached hydrogens (tertiary/aromatic N) is 1. The van der Waals surface area contributed by atoms with Crippen LogP contribution in [-0.4, -0.2) is 23.2 Å². The number of carbonyl (C=O) groups is 1. The van der Waals surface area contributed by atoms with Gasteiger partial charge in [0.15, 0.2) is 0 Å². The van der Waals surface area contributed by atoms with E-state index in [4.69, 9.17) is 10.5 Å². The topological polar surface area (TPSA) is 93.0 Å². The van der Waals surface area contributed by atoms with Gasteiger partial charge in [0, 0.05) is 11.8 Å². The van der Waals surface area contributed by atoms with Crippen molar-refractivity contribution in [2.75, 3.05) is 18.2 Å². The van der Waals surface area contributed by atoms with Crippen molar-refractivity contribution in [3.8, 4) is 5.75 Å². The van der Waals surface area contributed by atoms with Crippen LogP contribution in [0.25, 0.3) is 0 Å². The fourth-order valence-corrected chi connectivity index (χ4v) is 1.84. The van der Waals surface area contributed by atoms with Gasteiger partial charge in [0.05, 0.1) is 29.7 Å². The molecule has 4 N–H and O–H groups in total. The predicted octanol–water partition coefficient (Wildman–Crippen LogP) is 1.87. The number of nitrogens with two attached hydrogens (primary N) is 1. The summed E-state index contributed by atoms with van der Waals surface area (Å²) in [7, 11) is 1.56. The maximum absolute atomic E-state index is 12.2. The molecule has 0 unspecified atom stereocenters. The first-order valence-electron chi connectivity index (χ1n) is 5.79. The molecule has 100 valence electrons. The van der Waals surface area contributed by atoms with Crippen LogP contribution in [0, 0.1) is 13.8 Å². The first-order chi connectivity index (χ1) is 9.02. The number of H-pyrrole nitrogens is 1. The predicted molar refractivity (Wildman–Crippen MR) is 73.4 cm³/mol. The Morgan fingerprint density at radius 1 is 1.42 bits per heavy atom. The van der Waals surface area contributed by atoms with Crippen molar-refractivity contribution in [3.05, 3.63) is 35.2 Å². The van der Waals surface area contributed by atoms with Gasteiger partial charge >= 0.3 is 0 Å². The lowest BCUT2D eigenvalue weighted by molar-refractivity contribution is 0.102. The molecule has 2 rings (SSSR count). The van der Waals surface area contributed by atoms with E-state index >= 15 is 0 Å². The molecular formula is C13H16N4O2. The van der Waals surface area contributed by atoms with Gasteiger partial charge in [-0.25, -0.2) is 0 Å². The number of amides is 1. The van der Waals surface area contributed by atoms with Crippen LogP contribution in [0.3, 0.4) is 0 Å². The average Bonchev–Trinajstić information content (AvgIpc) is 2.71. The lowest BCUT2D eigenvalue weighted by Crippen LogP contribution is -2.15. The average molecular weight is 260 g/mol. The van der Waals surface area contributed by atoms with Crippen molar-refractivity contribution in [1.29, 1.82) is 0 Å². The molecule has 1 aromatic carbocycles. The van der Waals surface area contributed by atoms with Gasteiger partial charge in [-0.15, -0.1) is 0 Å². The molecule has 1 amide bonds. The smallest absolute Gasteiger partial charge is 0.259 e. The summed E-state index contributed by atoms with van der Waals surface area (Å²) in [6, 6.07) is 5.10. The second-order valence-electron chi connectivity index (χ2n) is 4.22. The van der Waals surface area contributed by atoms with Crippen LogP contribution in [0.1, 0.15) is 21.7 Å². The molecule has 0 saturated heterocycles. The zero-order valence-electron chi connectivity index (χ0n) is 11.1. The van der Waals surface area contributed by atoms with Gasteiger partial charge in [-0.3, -0.25) is 9.89 Å². The number of hydrogen-bond acceptors (Lipinski definition) is 4. The first-order valence-corrected chi connectivity index (χ1v) is 5.79. The minimum atomic E-state index is -0.247. The molecule has 6 nitrogen and oxygen atoms in total. The summed E-state index contributed by atoms with van der Waals surface area (Å²) in [5, 5.41) is 9.53. The van der Waals surface area contributed by atoms with Crippen LogP contribution < -0.4 is 15.8 Å². The normalized spacial score (nSPS) is 10.3. The molecule has 0 radical (unpaired) electrons. The molecular weight excluding hydrogens is 244 g/mol. The quantitative estimate of drug-likeness (QED) is 0.734. The standard InChI is InChI=1S/C13H16N4O2/c1-7-12(8(2)17-16-7)13(18)15-11-6-9(19-3)4-5-10(11)14/h4-6H,14H2,1-3H3,(H,15,18)(H,16,17). The largest absolute Gasteiger partial charge is 0.497 e. The van der Waals surface area contributed by atoms with E-state index in [1.54, 1.807) is 39.2 Å². The minimum Gasteiger partial charge on any atom is -0.497 e. The van der Waals surface area contributed by atoms with E-state index in [1.807, 2.05) is 0 Å². The monoisotopic (exact) mass is 260 g/mol. The third-order valence-electron chi connectivity index (χ3n) is 2.86. The third-order valence-corrected chi connectivity index (χ3v) is 2.86. The molecule has 0 fully saturated rings. The number of aromatic amines is 1. The second kappa shape index (κ2) is 5.01. The maximum atomic E-state index is 12.2. The lowest BCUT2D eigenvalue weighted by Gasteiger charge is -2.10. The minimum absolute atomic E-state index is 0.247. The Kier molecular flexibility index (Phi) is 3.41. The molecule has 1 aromatic heterocycles. The Morgan fingerprint density at radius 3 is 2.74 bits per heavy atom. The number of aryl methyl sites for hydroxylation is 2. The van der Waals surface area contributed by atoms with E-state index in [0.717, 1.165) is 5.69 Å². The highest BCUT2D eigenvalue weighted by Crippen LogP contribution is 2.25. The molecule has 0 aliphatic heterocycles. The van der Waals surface area contributed by atoms with E-state index in [9.17, 15) is 4.79 Å². The van der Waals surface area contributed by atoms with Crippen LogP contribution in [0.4, 0.5) is 11.4 Å². The molecule has 0 aliphatic carbocycles. The number of hydrogen-bond donors (Lipinski definition) is 3. The number of carbonyl (C=O) groups excluding carboxylic acids is 1. The van der Waals surface area contributed by atoms with Crippen LogP contribution in [0.2, 0.25) is 0 Å². The van der Waals surface area contributed by atoms with Crippen molar-refractivity contribution in [2.24, 2.45) is 0 Å². The van der Waals surface area contributed by atoms with Crippen molar-refractivity contribution in [3.63, 3.8) is 0 Å².